The van der Waals surface area contributed by atoms with Crippen LogP contribution in [0.2, 0.25) is 5.15 Å². The molecule has 1 aromatic carbocycles. The number of ether oxygens (including phenoxy) is 1. The number of benzene rings is 1. The van der Waals surface area contributed by atoms with Crippen molar-refractivity contribution in [1.29, 1.82) is 0 Å². The lowest BCUT2D eigenvalue weighted by Crippen LogP contribution is -2.06. The maximum Gasteiger partial charge on any atom is 0.251 e. The quantitative estimate of drug-likeness (QED) is 0.639. The van der Waals surface area contributed by atoms with Crippen LogP contribution in [0, 0.1) is 0 Å². The number of hydrogen-bond donors (Lipinski definition) is 0. The van der Waals surface area contributed by atoms with Crippen LogP contribution in [0.1, 0.15) is 5.56 Å². The van der Waals surface area contributed by atoms with Crippen molar-refractivity contribution in [3.05, 3.63) is 47.1 Å². The van der Waals surface area contributed by atoms with Crippen LogP contribution in [-0.2, 0) is 16.4 Å². The summed E-state index contributed by atoms with van der Waals surface area (Å²) in [6.45, 7) is 0.275. The summed E-state index contributed by atoms with van der Waals surface area (Å²) in [6.07, 6.45) is 1.01. The molecule has 0 unspecified atom stereocenters. The number of halogens is 1. The first kappa shape index (κ1) is 13.8. The van der Waals surface area contributed by atoms with Gasteiger partial charge in [0.1, 0.15) is 11.8 Å². The van der Waals surface area contributed by atoms with E-state index in [9.17, 15) is 8.42 Å². The van der Waals surface area contributed by atoms with Crippen molar-refractivity contribution in [3.63, 3.8) is 0 Å². The van der Waals surface area contributed by atoms with Gasteiger partial charge >= 0.3 is 0 Å². The third kappa shape index (κ3) is 3.90. The Balaban J connectivity index is 2.19. The van der Waals surface area contributed by atoms with Gasteiger partial charge in [-0.25, -0.2) is 13.4 Å². The standard InChI is InChI=1S/C12H11ClN2O3S/c1-19(16,17)12-14-10(13)7-11(15-12)18-8-9-5-3-2-4-6-9/h2-7H,8H2,1H3. The zero-order chi connectivity index (χ0) is 13.9. The Morgan fingerprint density at radius 1 is 1.21 bits per heavy atom. The molecule has 2 aromatic rings. The number of aromatic nitrogens is 2. The first-order valence-corrected chi connectivity index (χ1v) is 7.63. The van der Waals surface area contributed by atoms with Crippen LogP contribution in [0.4, 0.5) is 0 Å². The molecule has 1 heterocycles. The fraction of sp³-hybridized carbons (Fsp3) is 0.167. The van der Waals surface area contributed by atoms with Crippen molar-refractivity contribution in [2.45, 2.75) is 11.8 Å². The molecular weight excluding hydrogens is 288 g/mol. The van der Waals surface area contributed by atoms with E-state index in [1.54, 1.807) is 0 Å². The summed E-state index contributed by atoms with van der Waals surface area (Å²) in [6, 6.07) is 10.8. The molecule has 0 saturated heterocycles. The monoisotopic (exact) mass is 298 g/mol. The van der Waals surface area contributed by atoms with Gasteiger partial charge in [-0.2, -0.15) is 4.98 Å². The molecule has 0 radical (unpaired) electrons. The van der Waals surface area contributed by atoms with Gasteiger partial charge in [0, 0.05) is 12.3 Å². The molecule has 0 aliphatic heterocycles. The summed E-state index contributed by atoms with van der Waals surface area (Å²) in [5, 5.41) is -0.318. The summed E-state index contributed by atoms with van der Waals surface area (Å²) < 4.78 is 28.2. The second-order valence-electron chi connectivity index (χ2n) is 3.86. The molecule has 0 aliphatic rings. The van der Waals surface area contributed by atoms with E-state index in [1.807, 2.05) is 30.3 Å². The highest BCUT2D eigenvalue weighted by atomic mass is 35.5. The van der Waals surface area contributed by atoms with Gasteiger partial charge in [0.05, 0.1) is 0 Å². The summed E-state index contributed by atoms with van der Waals surface area (Å²) in [5.74, 6) is 0.129. The van der Waals surface area contributed by atoms with Gasteiger partial charge in [0.25, 0.3) is 5.16 Å². The number of sulfone groups is 1. The van der Waals surface area contributed by atoms with Crippen LogP contribution in [0.3, 0.4) is 0 Å². The zero-order valence-electron chi connectivity index (χ0n) is 10.1. The minimum absolute atomic E-state index is 0.0264. The van der Waals surface area contributed by atoms with Crippen LogP contribution in [0.15, 0.2) is 41.6 Å². The highest BCUT2D eigenvalue weighted by molar-refractivity contribution is 7.90. The van der Waals surface area contributed by atoms with Crippen molar-refractivity contribution in [1.82, 2.24) is 9.97 Å². The van der Waals surface area contributed by atoms with E-state index in [-0.39, 0.29) is 22.8 Å². The van der Waals surface area contributed by atoms with Crippen LogP contribution in [0.25, 0.3) is 0 Å². The first-order valence-electron chi connectivity index (χ1n) is 5.36. The smallest absolute Gasteiger partial charge is 0.251 e. The lowest BCUT2D eigenvalue weighted by Gasteiger charge is -2.06. The second-order valence-corrected chi connectivity index (χ2v) is 6.15. The van der Waals surface area contributed by atoms with Gasteiger partial charge in [-0.05, 0) is 5.56 Å². The minimum atomic E-state index is -3.52. The molecule has 0 fully saturated rings. The maximum absolute atomic E-state index is 11.4. The lowest BCUT2D eigenvalue weighted by molar-refractivity contribution is 0.290. The average molecular weight is 299 g/mol. The van der Waals surface area contributed by atoms with Crippen molar-refractivity contribution >= 4 is 21.4 Å². The second kappa shape index (κ2) is 5.54. The van der Waals surface area contributed by atoms with E-state index in [2.05, 4.69) is 9.97 Å². The van der Waals surface area contributed by atoms with E-state index in [0.29, 0.717) is 0 Å². The third-order valence-corrected chi connectivity index (χ3v) is 3.25. The number of nitrogens with zero attached hydrogens (tertiary/aromatic N) is 2. The summed E-state index contributed by atoms with van der Waals surface area (Å²) >= 11 is 5.74. The van der Waals surface area contributed by atoms with Crippen LogP contribution in [-0.4, -0.2) is 24.6 Å². The molecule has 7 heteroatoms. The van der Waals surface area contributed by atoms with Crippen molar-refractivity contribution in [3.8, 4) is 5.88 Å². The van der Waals surface area contributed by atoms with Gasteiger partial charge in [-0.1, -0.05) is 41.9 Å². The lowest BCUT2D eigenvalue weighted by atomic mass is 10.2. The molecule has 0 spiro atoms. The highest BCUT2D eigenvalue weighted by Gasteiger charge is 2.14. The predicted molar refractivity (Wildman–Crippen MR) is 70.9 cm³/mol. The van der Waals surface area contributed by atoms with Crippen LogP contribution < -0.4 is 4.74 Å². The largest absolute Gasteiger partial charge is 0.473 e. The molecular formula is C12H11ClN2O3S. The summed E-state index contributed by atoms with van der Waals surface area (Å²) in [4.78, 5) is 7.46. The molecule has 0 amide bonds. The van der Waals surface area contributed by atoms with Crippen molar-refractivity contribution < 1.29 is 13.2 Å². The van der Waals surface area contributed by atoms with Crippen molar-refractivity contribution in [2.24, 2.45) is 0 Å². The Morgan fingerprint density at radius 2 is 1.89 bits per heavy atom. The van der Waals surface area contributed by atoms with Gasteiger partial charge in [-0.3, -0.25) is 0 Å². The van der Waals surface area contributed by atoms with Gasteiger partial charge in [0.15, 0.2) is 0 Å². The van der Waals surface area contributed by atoms with Crippen LogP contribution in [0.5, 0.6) is 5.88 Å². The van der Waals surface area contributed by atoms with Gasteiger partial charge in [0.2, 0.25) is 15.7 Å². The molecule has 100 valence electrons. The third-order valence-electron chi connectivity index (χ3n) is 2.21. The Kier molecular flexibility index (Phi) is 4.01. The fourth-order valence-corrected chi connectivity index (χ4v) is 2.09. The van der Waals surface area contributed by atoms with E-state index in [0.717, 1.165) is 11.8 Å². The maximum atomic E-state index is 11.4. The Hall–Kier alpha value is -1.66. The minimum Gasteiger partial charge on any atom is -0.473 e. The number of hydrogen-bond acceptors (Lipinski definition) is 5. The molecule has 0 aliphatic carbocycles. The van der Waals surface area contributed by atoms with Crippen molar-refractivity contribution in [2.75, 3.05) is 6.26 Å². The van der Waals surface area contributed by atoms with Gasteiger partial charge in [-0.15, -0.1) is 0 Å². The summed E-state index contributed by atoms with van der Waals surface area (Å²) in [7, 11) is -3.52. The Morgan fingerprint density at radius 3 is 2.53 bits per heavy atom. The summed E-state index contributed by atoms with van der Waals surface area (Å²) in [5.41, 5.74) is 0.943. The molecule has 0 saturated carbocycles. The van der Waals surface area contributed by atoms with Crippen LogP contribution >= 0.6 is 11.6 Å². The average Bonchev–Trinajstić information content (AvgIpc) is 2.36. The Bertz CT molecular complexity index is 675. The van der Waals surface area contributed by atoms with E-state index in [4.69, 9.17) is 16.3 Å². The topological polar surface area (TPSA) is 69.2 Å². The zero-order valence-corrected chi connectivity index (χ0v) is 11.6. The molecule has 1 aromatic heterocycles. The fourth-order valence-electron chi connectivity index (χ4n) is 1.35. The molecule has 0 N–H and O–H groups in total. The van der Waals surface area contributed by atoms with E-state index in [1.165, 1.54) is 6.07 Å². The normalized spacial score (nSPS) is 11.3. The molecule has 19 heavy (non-hydrogen) atoms. The highest BCUT2D eigenvalue weighted by Crippen LogP contribution is 2.17. The molecule has 2 rings (SSSR count). The Labute approximate surface area is 116 Å². The molecule has 0 bridgehead atoms. The van der Waals surface area contributed by atoms with E-state index < -0.39 is 9.84 Å². The molecule has 0 atom stereocenters. The number of rotatable bonds is 4. The SMILES string of the molecule is CS(=O)(=O)c1nc(Cl)cc(OCc2ccccc2)n1. The predicted octanol–water partition coefficient (Wildman–Crippen LogP) is 2.11. The van der Waals surface area contributed by atoms with E-state index >= 15 is 0 Å². The first-order chi connectivity index (χ1) is 8.95. The molecule has 5 nitrogen and oxygen atoms in total. The van der Waals surface area contributed by atoms with Gasteiger partial charge < -0.3 is 4.74 Å².